The summed E-state index contributed by atoms with van der Waals surface area (Å²) < 4.78 is 20.0. The Morgan fingerprint density at radius 3 is 2.76 bits per heavy atom. The molecule has 0 saturated heterocycles. The Bertz CT molecular complexity index is 846. The molecule has 1 atom stereocenters. The third kappa shape index (κ3) is 4.08. The van der Waals surface area contributed by atoms with Crippen LogP contribution in [0.2, 0.25) is 0 Å². The molecule has 0 aliphatic rings. The van der Waals surface area contributed by atoms with E-state index in [0.717, 1.165) is 5.56 Å². The van der Waals surface area contributed by atoms with Crippen LogP contribution in [0, 0.1) is 5.82 Å². The second-order valence-electron chi connectivity index (χ2n) is 5.43. The molecule has 1 aromatic carbocycles. The van der Waals surface area contributed by atoms with E-state index < -0.39 is 0 Å². The molecule has 2 aromatic heterocycles. The molecule has 0 spiro atoms. The number of halogens is 1. The summed E-state index contributed by atoms with van der Waals surface area (Å²) in [5.74, 6) is 0.892. The monoisotopic (exact) mass is 360 g/mol. The summed E-state index contributed by atoms with van der Waals surface area (Å²) in [5.41, 5.74) is 0.762. The number of benzene rings is 1. The van der Waals surface area contributed by atoms with Crippen molar-refractivity contribution >= 4 is 17.7 Å². The van der Waals surface area contributed by atoms with Crippen molar-refractivity contribution in [2.75, 3.05) is 0 Å². The summed E-state index contributed by atoms with van der Waals surface area (Å²) in [6.07, 6.45) is 1.57. The van der Waals surface area contributed by atoms with Crippen LogP contribution in [0.3, 0.4) is 0 Å². The normalized spacial score (nSPS) is 12.1. The Morgan fingerprint density at radius 1 is 1.32 bits per heavy atom. The number of hydrogen-bond donors (Lipinski definition) is 1. The molecular formula is C17H17FN4O2S. The van der Waals surface area contributed by atoms with Gasteiger partial charge in [-0.2, -0.15) is 0 Å². The largest absolute Gasteiger partial charge is 0.467 e. The molecule has 130 valence electrons. The molecule has 0 radical (unpaired) electrons. The number of nitrogens with one attached hydrogen (secondary N) is 1. The SMILES string of the molecule is C[C@@H](Sc1nnc(-c2ccc(F)cc2)n1C)C(=O)NCc1ccco1. The lowest BCUT2D eigenvalue weighted by Crippen LogP contribution is -2.30. The predicted octanol–water partition coefficient (Wildman–Crippen LogP) is 3.01. The number of rotatable bonds is 6. The lowest BCUT2D eigenvalue weighted by Gasteiger charge is -2.11. The van der Waals surface area contributed by atoms with Gasteiger partial charge in [0.15, 0.2) is 11.0 Å². The Morgan fingerprint density at radius 2 is 2.08 bits per heavy atom. The molecule has 0 aliphatic carbocycles. The highest BCUT2D eigenvalue weighted by atomic mass is 32.2. The maximum absolute atomic E-state index is 13.0. The van der Waals surface area contributed by atoms with Gasteiger partial charge in [-0.05, 0) is 43.3 Å². The summed E-state index contributed by atoms with van der Waals surface area (Å²) in [7, 11) is 1.81. The fraction of sp³-hybridized carbons (Fsp3) is 0.235. The Balaban J connectivity index is 1.64. The smallest absolute Gasteiger partial charge is 0.233 e. The van der Waals surface area contributed by atoms with Crippen LogP contribution in [-0.4, -0.2) is 25.9 Å². The van der Waals surface area contributed by atoms with Gasteiger partial charge in [0.25, 0.3) is 0 Å². The maximum Gasteiger partial charge on any atom is 0.233 e. The molecule has 0 aliphatic heterocycles. The molecule has 8 heteroatoms. The third-order valence-corrected chi connectivity index (χ3v) is 4.74. The number of nitrogens with zero attached hydrogens (tertiary/aromatic N) is 3. The van der Waals surface area contributed by atoms with E-state index >= 15 is 0 Å². The van der Waals surface area contributed by atoms with Gasteiger partial charge in [-0.15, -0.1) is 10.2 Å². The van der Waals surface area contributed by atoms with Gasteiger partial charge < -0.3 is 14.3 Å². The van der Waals surface area contributed by atoms with E-state index in [1.54, 1.807) is 42.0 Å². The topological polar surface area (TPSA) is 73.0 Å². The second kappa shape index (κ2) is 7.52. The second-order valence-corrected chi connectivity index (χ2v) is 6.74. The van der Waals surface area contributed by atoms with Crippen LogP contribution in [0.1, 0.15) is 12.7 Å². The molecule has 3 aromatic rings. The Kier molecular flexibility index (Phi) is 5.18. The van der Waals surface area contributed by atoms with Crippen LogP contribution in [0.5, 0.6) is 0 Å². The number of thioether (sulfide) groups is 1. The van der Waals surface area contributed by atoms with Gasteiger partial charge in [0.1, 0.15) is 11.6 Å². The van der Waals surface area contributed by atoms with Crippen molar-refractivity contribution in [2.24, 2.45) is 7.05 Å². The van der Waals surface area contributed by atoms with E-state index in [1.165, 1.54) is 23.9 Å². The van der Waals surface area contributed by atoms with Crippen molar-refractivity contribution in [1.82, 2.24) is 20.1 Å². The number of aromatic nitrogens is 3. The van der Waals surface area contributed by atoms with Crippen molar-refractivity contribution < 1.29 is 13.6 Å². The number of furan rings is 1. The summed E-state index contributed by atoms with van der Waals surface area (Å²) in [5, 5.41) is 11.3. The number of carbonyl (C=O) groups excluding carboxylic acids is 1. The minimum absolute atomic E-state index is 0.118. The van der Waals surface area contributed by atoms with Gasteiger partial charge in [0.05, 0.1) is 18.1 Å². The lowest BCUT2D eigenvalue weighted by atomic mass is 10.2. The van der Waals surface area contributed by atoms with E-state index in [9.17, 15) is 9.18 Å². The standard InChI is InChI=1S/C17H17FN4O2S/c1-11(16(23)19-10-14-4-3-9-24-14)25-17-21-20-15(22(17)2)12-5-7-13(18)8-6-12/h3-9,11H,10H2,1-2H3,(H,19,23)/t11-/m1/s1. The predicted molar refractivity (Wildman–Crippen MR) is 92.3 cm³/mol. The average Bonchev–Trinajstić information content (AvgIpc) is 3.24. The summed E-state index contributed by atoms with van der Waals surface area (Å²) >= 11 is 1.31. The summed E-state index contributed by atoms with van der Waals surface area (Å²) in [6.45, 7) is 2.14. The van der Waals surface area contributed by atoms with E-state index in [2.05, 4.69) is 15.5 Å². The molecule has 6 nitrogen and oxygen atoms in total. The first-order chi connectivity index (χ1) is 12.0. The van der Waals surface area contributed by atoms with Crippen molar-refractivity contribution in [2.45, 2.75) is 23.9 Å². The van der Waals surface area contributed by atoms with E-state index in [1.807, 2.05) is 7.05 Å². The van der Waals surface area contributed by atoms with E-state index in [0.29, 0.717) is 23.3 Å². The minimum atomic E-state index is -0.348. The maximum atomic E-state index is 13.0. The fourth-order valence-corrected chi connectivity index (χ4v) is 3.05. The zero-order valence-corrected chi connectivity index (χ0v) is 14.6. The molecule has 0 saturated carbocycles. The van der Waals surface area contributed by atoms with Crippen molar-refractivity contribution in [3.8, 4) is 11.4 Å². The van der Waals surface area contributed by atoms with Crippen LogP contribution in [0.4, 0.5) is 4.39 Å². The first-order valence-electron chi connectivity index (χ1n) is 7.66. The molecule has 0 unspecified atom stereocenters. The number of amides is 1. The molecule has 2 heterocycles. The zero-order chi connectivity index (χ0) is 17.8. The fourth-order valence-electron chi connectivity index (χ4n) is 2.21. The molecule has 1 N–H and O–H groups in total. The van der Waals surface area contributed by atoms with Gasteiger partial charge >= 0.3 is 0 Å². The number of carbonyl (C=O) groups is 1. The van der Waals surface area contributed by atoms with Crippen LogP contribution >= 0.6 is 11.8 Å². The van der Waals surface area contributed by atoms with Crippen molar-refractivity contribution in [1.29, 1.82) is 0 Å². The Labute approximate surface area is 148 Å². The quantitative estimate of drug-likeness (QED) is 0.684. The zero-order valence-electron chi connectivity index (χ0n) is 13.8. The first kappa shape index (κ1) is 17.2. The minimum Gasteiger partial charge on any atom is -0.467 e. The first-order valence-corrected chi connectivity index (χ1v) is 8.54. The van der Waals surface area contributed by atoms with Gasteiger partial charge in [-0.1, -0.05) is 11.8 Å². The number of hydrogen-bond acceptors (Lipinski definition) is 5. The highest BCUT2D eigenvalue weighted by Crippen LogP contribution is 2.25. The molecule has 1 amide bonds. The lowest BCUT2D eigenvalue weighted by molar-refractivity contribution is -0.120. The highest BCUT2D eigenvalue weighted by Gasteiger charge is 2.19. The molecule has 25 heavy (non-hydrogen) atoms. The van der Waals surface area contributed by atoms with Crippen LogP contribution in [0.15, 0.2) is 52.2 Å². The highest BCUT2D eigenvalue weighted by molar-refractivity contribution is 8.00. The molecule has 0 bridgehead atoms. The van der Waals surface area contributed by atoms with Crippen LogP contribution in [-0.2, 0) is 18.4 Å². The van der Waals surface area contributed by atoms with Gasteiger partial charge in [-0.25, -0.2) is 4.39 Å². The van der Waals surface area contributed by atoms with Crippen molar-refractivity contribution in [3.05, 3.63) is 54.2 Å². The molecular weight excluding hydrogens is 343 g/mol. The van der Waals surface area contributed by atoms with E-state index in [-0.39, 0.29) is 17.0 Å². The van der Waals surface area contributed by atoms with Crippen molar-refractivity contribution in [3.63, 3.8) is 0 Å². The van der Waals surface area contributed by atoms with Gasteiger partial charge in [0.2, 0.25) is 5.91 Å². The Hall–Kier alpha value is -2.61. The third-order valence-electron chi connectivity index (χ3n) is 3.61. The molecule has 3 rings (SSSR count). The van der Waals surface area contributed by atoms with Gasteiger partial charge in [0, 0.05) is 12.6 Å². The molecule has 0 fully saturated rings. The summed E-state index contributed by atoms with van der Waals surface area (Å²) in [6, 6.07) is 9.62. The van der Waals surface area contributed by atoms with Crippen LogP contribution in [0.25, 0.3) is 11.4 Å². The average molecular weight is 360 g/mol. The summed E-state index contributed by atoms with van der Waals surface area (Å²) in [4.78, 5) is 12.2. The van der Waals surface area contributed by atoms with Crippen LogP contribution < -0.4 is 5.32 Å². The van der Waals surface area contributed by atoms with E-state index in [4.69, 9.17) is 4.42 Å². The van der Waals surface area contributed by atoms with Gasteiger partial charge in [-0.3, -0.25) is 4.79 Å².